The average molecular weight is 284 g/mol. The molecule has 4 nitrogen and oxygen atoms in total. The number of rotatable bonds is 10. The van der Waals surface area contributed by atoms with Gasteiger partial charge in [0.05, 0.1) is 0 Å². The molecule has 0 aliphatic carbocycles. The van der Waals surface area contributed by atoms with Crippen LogP contribution in [0.5, 0.6) is 0 Å². The van der Waals surface area contributed by atoms with Gasteiger partial charge in [-0.2, -0.15) is 0 Å². The molecule has 0 saturated carbocycles. The van der Waals surface area contributed by atoms with Crippen molar-refractivity contribution in [3.63, 3.8) is 0 Å². The smallest absolute Gasteiger partial charge is 0.0387 e. The van der Waals surface area contributed by atoms with Crippen LogP contribution in [0.4, 0.5) is 0 Å². The van der Waals surface area contributed by atoms with E-state index in [0.29, 0.717) is 12.1 Å². The Bertz CT molecular complexity index is 235. The zero-order chi connectivity index (χ0) is 14.8. The van der Waals surface area contributed by atoms with E-state index in [-0.39, 0.29) is 0 Å². The standard InChI is InChI=1S/C16H36N4/c1-4-5-6-7-8-9-10-11-15(18-17)16-14-19(2)12-13-20(16)3/h15-16,18H,4-14,17H2,1-3H3. The third-order valence-corrected chi connectivity index (χ3v) is 4.70. The predicted molar refractivity (Wildman–Crippen MR) is 87.6 cm³/mol. The molecular weight excluding hydrogens is 248 g/mol. The number of hydrazine groups is 1. The Kier molecular flexibility index (Phi) is 9.44. The molecule has 0 bridgehead atoms. The SMILES string of the molecule is CCCCCCCCCC(NN)C1CN(C)CCN1C. The molecule has 2 atom stereocenters. The molecule has 1 fully saturated rings. The van der Waals surface area contributed by atoms with Crippen molar-refractivity contribution in [3.05, 3.63) is 0 Å². The monoisotopic (exact) mass is 284 g/mol. The zero-order valence-electron chi connectivity index (χ0n) is 13.9. The molecule has 1 heterocycles. The second-order valence-corrected chi connectivity index (χ2v) is 6.49. The van der Waals surface area contributed by atoms with Crippen LogP contribution in [0.15, 0.2) is 0 Å². The number of hydrogen-bond acceptors (Lipinski definition) is 4. The van der Waals surface area contributed by atoms with Gasteiger partial charge in [0.15, 0.2) is 0 Å². The first-order chi connectivity index (χ1) is 9.69. The maximum atomic E-state index is 5.80. The van der Waals surface area contributed by atoms with Crippen LogP contribution < -0.4 is 11.3 Å². The first kappa shape index (κ1) is 17.9. The van der Waals surface area contributed by atoms with Gasteiger partial charge >= 0.3 is 0 Å². The van der Waals surface area contributed by atoms with Gasteiger partial charge in [0.1, 0.15) is 0 Å². The van der Waals surface area contributed by atoms with Crippen molar-refractivity contribution in [1.29, 1.82) is 0 Å². The maximum Gasteiger partial charge on any atom is 0.0387 e. The highest BCUT2D eigenvalue weighted by Gasteiger charge is 2.28. The Labute approximate surface area is 126 Å². The second-order valence-electron chi connectivity index (χ2n) is 6.49. The molecule has 0 amide bonds. The highest BCUT2D eigenvalue weighted by atomic mass is 15.3. The van der Waals surface area contributed by atoms with E-state index < -0.39 is 0 Å². The zero-order valence-corrected chi connectivity index (χ0v) is 13.9. The van der Waals surface area contributed by atoms with Crippen LogP contribution in [-0.4, -0.2) is 55.6 Å². The molecule has 0 aromatic heterocycles. The van der Waals surface area contributed by atoms with Crippen LogP contribution in [0.1, 0.15) is 58.3 Å². The maximum absolute atomic E-state index is 5.80. The van der Waals surface area contributed by atoms with E-state index in [1.807, 2.05) is 0 Å². The van der Waals surface area contributed by atoms with Gasteiger partial charge in [-0.15, -0.1) is 0 Å². The number of nitrogens with one attached hydrogen (secondary N) is 1. The van der Waals surface area contributed by atoms with Crippen LogP contribution in [-0.2, 0) is 0 Å². The van der Waals surface area contributed by atoms with E-state index in [0.717, 1.165) is 13.1 Å². The lowest BCUT2D eigenvalue weighted by molar-refractivity contribution is 0.0845. The molecule has 1 aliphatic rings. The molecule has 3 N–H and O–H groups in total. The summed E-state index contributed by atoms with van der Waals surface area (Å²) in [5.41, 5.74) is 3.07. The highest BCUT2D eigenvalue weighted by molar-refractivity contribution is 4.87. The summed E-state index contributed by atoms with van der Waals surface area (Å²) in [6.07, 6.45) is 10.8. The fraction of sp³-hybridized carbons (Fsp3) is 1.00. The highest BCUT2D eigenvalue weighted by Crippen LogP contribution is 2.16. The van der Waals surface area contributed by atoms with Gasteiger partial charge in [0, 0.05) is 31.7 Å². The van der Waals surface area contributed by atoms with Gasteiger partial charge in [-0.05, 0) is 20.5 Å². The molecule has 0 aromatic rings. The Balaban J connectivity index is 2.18. The lowest BCUT2D eigenvalue weighted by atomic mass is 9.98. The first-order valence-electron chi connectivity index (χ1n) is 8.54. The normalized spacial score (nSPS) is 23.1. The van der Waals surface area contributed by atoms with Gasteiger partial charge in [-0.25, -0.2) is 0 Å². The minimum absolute atomic E-state index is 0.429. The minimum atomic E-state index is 0.429. The molecule has 1 saturated heterocycles. The summed E-state index contributed by atoms with van der Waals surface area (Å²) in [5.74, 6) is 5.80. The van der Waals surface area contributed by atoms with Gasteiger partial charge < -0.3 is 4.90 Å². The summed E-state index contributed by atoms with van der Waals surface area (Å²) >= 11 is 0. The van der Waals surface area contributed by atoms with E-state index in [9.17, 15) is 0 Å². The van der Waals surface area contributed by atoms with E-state index in [4.69, 9.17) is 5.84 Å². The van der Waals surface area contributed by atoms with Gasteiger partial charge in [0.2, 0.25) is 0 Å². The molecule has 120 valence electrons. The number of nitrogens with zero attached hydrogens (tertiary/aromatic N) is 2. The Morgan fingerprint density at radius 3 is 2.35 bits per heavy atom. The Morgan fingerprint density at radius 2 is 1.70 bits per heavy atom. The summed E-state index contributed by atoms with van der Waals surface area (Å²) in [6, 6.07) is 0.984. The Hall–Kier alpha value is -0.160. The van der Waals surface area contributed by atoms with Gasteiger partial charge in [-0.3, -0.25) is 16.2 Å². The van der Waals surface area contributed by atoms with Crippen molar-refractivity contribution >= 4 is 0 Å². The summed E-state index contributed by atoms with van der Waals surface area (Å²) in [4.78, 5) is 4.88. The molecular formula is C16H36N4. The number of nitrogens with two attached hydrogens (primary N) is 1. The number of likely N-dealkylation sites (N-methyl/N-ethyl adjacent to an activating group) is 2. The molecule has 2 unspecified atom stereocenters. The third kappa shape index (κ3) is 6.53. The van der Waals surface area contributed by atoms with Crippen molar-refractivity contribution in [1.82, 2.24) is 15.2 Å². The number of unbranched alkanes of at least 4 members (excludes halogenated alkanes) is 6. The van der Waals surface area contributed by atoms with Crippen LogP contribution in [0.25, 0.3) is 0 Å². The Morgan fingerprint density at radius 1 is 1.05 bits per heavy atom. The lowest BCUT2D eigenvalue weighted by Crippen LogP contribution is -2.59. The molecule has 4 heteroatoms. The first-order valence-corrected chi connectivity index (χ1v) is 8.54. The van der Waals surface area contributed by atoms with Crippen molar-refractivity contribution in [3.8, 4) is 0 Å². The number of hydrogen-bond donors (Lipinski definition) is 2. The fourth-order valence-electron chi connectivity index (χ4n) is 3.19. The third-order valence-electron chi connectivity index (χ3n) is 4.70. The van der Waals surface area contributed by atoms with Crippen molar-refractivity contribution in [2.45, 2.75) is 70.4 Å². The second kappa shape index (κ2) is 10.6. The summed E-state index contributed by atoms with van der Waals surface area (Å²) in [7, 11) is 4.44. The average Bonchev–Trinajstić information content (AvgIpc) is 2.45. The van der Waals surface area contributed by atoms with Gasteiger partial charge in [-0.1, -0.05) is 51.9 Å². The van der Waals surface area contributed by atoms with Crippen LogP contribution >= 0.6 is 0 Å². The minimum Gasteiger partial charge on any atom is -0.303 e. The summed E-state index contributed by atoms with van der Waals surface area (Å²) < 4.78 is 0. The summed E-state index contributed by atoms with van der Waals surface area (Å²) in [5, 5.41) is 0. The molecule has 1 rings (SSSR count). The fourth-order valence-corrected chi connectivity index (χ4v) is 3.19. The van der Waals surface area contributed by atoms with Crippen LogP contribution in [0, 0.1) is 0 Å². The summed E-state index contributed by atoms with van der Waals surface area (Å²) in [6.45, 7) is 5.72. The van der Waals surface area contributed by atoms with Crippen molar-refractivity contribution in [2.75, 3.05) is 33.7 Å². The molecule has 1 aliphatic heterocycles. The largest absolute Gasteiger partial charge is 0.303 e. The number of piperazine rings is 1. The van der Waals surface area contributed by atoms with E-state index in [1.54, 1.807) is 0 Å². The predicted octanol–water partition coefficient (Wildman–Crippen LogP) is 2.20. The topological polar surface area (TPSA) is 44.5 Å². The molecule has 20 heavy (non-hydrogen) atoms. The van der Waals surface area contributed by atoms with Gasteiger partial charge in [0.25, 0.3) is 0 Å². The lowest BCUT2D eigenvalue weighted by Gasteiger charge is -2.41. The van der Waals surface area contributed by atoms with Crippen molar-refractivity contribution < 1.29 is 0 Å². The van der Waals surface area contributed by atoms with Crippen molar-refractivity contribution in [2.24, 2.45) is 5.84 Å². The molecule has 0 aromatic carbocycles. The molecule has 0 radical (unpaired) electrons. The molecule has 0 spiro atoms. The van der Waals surface area contributed by atoms with E-state index >= 15 is 0 Å². The quantitative estimate of drug-likeness (QED) is 0.367. The van der Waals surface area contributed by atoms with Crippen LogP contribution in [0.2, 0.25) is 0 Å². The van der Waals surface area contributed by atoms with E-state index in [2.05, 4.69) is 36.2 Å². The van der Waals surface area contributed by atoms with E-state index in [1.165, 1.54) is 57.9 Å². The van der Waals surface area contributed by atoms with Crippen LogP contribution in [0.3, 0.4) is 0 Å².